The van der Waals surface area contributed by atoms with Crippen LogP contribution in [0.3, 0.4) is 0 Å². The SMILES string of the molecule is C=C(C)CN(c1cc(C)c(C)cc1OCc1ccc(C(=O)O)cc1C)S(=O)(=O)c1nc(C)cs1. The molecular weight excluding hydrogens is 472 g/mol. The summed E-state index contributed by atoms with van der Waals surface area (Å²) in [7, 11) is -3.95. The lowest BCUT2D eigenvalue weighted by Crippen LogP contribution is -2.33. The van der Waals surface area contributed by atoms with E-state index in [9.17, 15) is 18.3 Å². The van der Waals surface area contributed by atoms with Gasteiger partial charge in [0, 0.05) is 11.1 Å². The Balaban J connectivity index is 2.05. The molecule has 0 fully saturated rings. The molecule has 7 nitrogen and oxygen atoms in total. The van der Waals surface area contributed by atoms with E-state index in [1.54, 1.807) is 37.4 Å². The first-order valence-corrected chi connectivity index (χ1v) is 12.9. The third kappa shape index (κ3) is 5.48. The molecule has 180 valence electrons. The fourth-order valence-electron chi connectivity index (χ4n) is 3.32. The maximum Gasteiger partial charge on any atom is 0.335 e. The molecule has 0 aliphatic heterocycles. The topological polar surface area (TPSA) is 96.8 Å². The largest absolute Gasteiger partial charge is 0.487 e. The predicted molar refractivity (Wildman–Crippen MR) is 135 cm³/mol. The van der Waals surface area contributed by atoms with Crippen molar-refractivity contribution >= 4 is 33.0 Å². The molecule has 1 aromatic heterocycles. The molecule has 9 heteroatoms. The summed E-state index contributed by atoms with van der Waals surface area (Å²) >= 11 is 1.08. The molecule has 0 radical (unpaired) electrons. The van der Waals surface area contributed by atoms with Crippen molar-refractivity contribution in [1.82, 2.24) is 4.98 Å². The molecule has 34 heavy (non-hydrogen) atoms. The van der Waals surface area contributed by atoms with Gasteiger partial charge < -0.3 is 9.84 Å². The van der Waals surface area contributed by atoms with Crippen LogP contribution in [0.25, 0.3) is 0 Å². The number of aromatic nitrogens is 1. The molecular formula is C25H28N2O5S2. The standard InChI is InChI=1S/C25H28N2O5S2/c1-15(2)12-27(34(30,31)25-26-19(6)14-33-25)22-10-16(3)17(4)11-23(22)32-13-21-8-7-20(24(28)29)9-18(21)5/h7-11,14H,1,12-13H2,2-6H3,(H,28,29). The number of aromatic carboxylic acids is 1. The van der Waals surface area contributed by atoms with Crippen molar-refractivity contribution in [2.75, 3.05) is 10.8 Å². The van der Waals surface area contributed by atoms with Gasteiger partial charge in [0.25, 0.3) is 10.0 Å². The van der Waals surface area contributed by atoms with Crippen LogP contribution in [0.4, 0.5) is 5.69 Å². The highest BCUT2D eigenvalue weighted by atomic mass is 32.2. The third-order valence-corrected chi connectivity index (χ3v) is 8.45. The lowest BCUT2D eigenvalue weighted by atomic mass is 10.1. The van der Waals surface area contributed by atoms with E-state index in [4.69, 9.17) is 4.74 Å². The molecule has 1 heterocycles. The van der Waals surface area contributed by atoms with Crippen LogP contribution < -0.4 is 9.04 Å². The van der Waals surface area contributed by atoms with Crippen LogP contribution >= 0.6 is 11.3 Å². The minimum Gasteiger partial charge on any atom is -0.487 e. The number of hydrogen-bond acceptors (Lipinski definition) is 6. The van der Waals surface area contributed by atoms with Gasteiger partial charge in [0.15, 0.2) is 0 Å². The summed E-state index contributed by atoms with van der Waals surface area (Å²) in [5, 5.41) is 10.9. The second-order valence-electron chi connectivity index (χ2n) is 8.36. The van der Waals surface area contributed by atoms with E-state index in [0.29, 0.717) is 22.7 Å². The van der Waals surface area contributed by atoms with Crippen molar-refractivity contribution in [1.29, 1.82) is 0 Å². The molecule has 0 amide bonds. The quantitative estimate of drug-likeness (QED) is 0.394. The fraction of sp³-hybridized carbons (Fsp3) is 0.280. The smallest absolute Gasteiger partial charge is 0.335 e. The first kappa shape index (κ1) is 25.5. The Kier molecular flexibility index (Phi) is 7.48. The fourth-order valence-corrected chi connectivity index (χ4v) is 5.98. The maximum atomic E-state index is 13.6. The van der Waals surface area contributed by atoms with Crippen LogP contribution in [-0.4, -0.2) is 31.0 Å². The summed E-state index contributed by atoms with van der Waals surface area (Å²) in [4.78, 5) is 15.4. The van der Waals surface area contributed by atoms with E-state index >= 15 is 0 Å². The van der Waals surface area contributed by atoms with Crippen molar-refractivity contribution in [2.24, 2.45) is 0 Å². The average Bonchev–Trinajstić information content (AvgIpc) is 3.20. The molecule has 0 saturated carbocycles. The molecule has 3 rings (SSSR count). The Morgan fingerprint density at radius 3 is 2.35 bits per heavy atom. The maximum absolute atomic E-state index is 13.6. The highest BCUT2D eigenvalue weighted by Gasteiger charge is 2.30. The van der Waals surface area contributed by atoms with Crippen molar-refractivity contribution in [3.8, 4) is 5.75 Å². The number of carbonyl (C=O) groups is 1. The number of thiazole rings is 1. The molecule has 0 bridgehead atoms. The van der Waals surface area contributed by atoms with Crippen LogP contribution in [0.2, 0.25) is 0 Å². The van der Waals surface area contributed by atoms with E-state index in [2.05, 4.69) is 11.6 Å². The number of carboxylic acid groups (broad SMARTS) is 1. The summed E-state index contributed by atoms with van der Waals surface area (Å²) in [6.45, 7) is 13.3. The number of rotatable bonds is 9. The molecule has 0 aliphatic carbocycles. The summed E-state index contributed by atoms with van der Waals surface area (Å²) in [6, 6.07) is 8.44. The third-order valence-electron chi connectivity index (χ3n) is 5.34. The molecule has 0 unspecified atom stereocenters. The number of ether oxygens (including phenoxy) is 1. The Hall–Kier alpha value is -3.17. The van der Waals surface area contributed by atoms with Gasteiger partial charge in [-0.15, -0.1) is 11.3 Å². The molecule has 0 spiro atoms. The summed E-state index contributed by atoms with van der Waals surface area (Å²) in [5.74, 6) is -0.590. The number of hydrogen-bond donors (Lipinski definition) is 1. The molecule has 0 atom stereocenters. The zero-order valence-corrected chi connectivity index (χ0v) is 21.5. The minimum atomic E-state index is -3.95. The minimum absolute atomic E-state index is 0.00975. The normalized spacial score (nSPS) is 11.3. The van der Waals surface area contributed by atoms with Crippen molar-refractivity contribution in [3.05, 3.63) is 81.4 Å². The van der Waals surface area contributed by atoms with Gasteiger partial charge in [-0.1, -0.05) is 18.2 Å². The van der Waals surface area contributed by atoms with Gasteiger partial charge >= 0.3 is 5.97 Å². The highest BCUT2D eigenvalue weighted by molar-refractivity contribution is 7.94. The van der Waals surface area contributed by atoms with Crippen LogP contribution in [0.15, 0.2) is 52.2 Å². The molecule has 0 aliphatic rings. The van der Waals surface area contributed by atoms with Crippen LogP contribution in [0.5, 0.6) is 5.75 Å². The predicted octanol–water partition coefficient (Wildman–Crippen LogP) is 5.43. The number of nitrogens with zero attached hydrogens (tertiary/aromatic N) is 2. The van der Waals surface area contributed by atoms with Crippen LogP contribution in [0, 0.1) is 27.7 Å². The van der Waals surface area contributed by atoms with Crippen LogP contribution in [0.1, 0.15) is 45.2 Å². The first-order valence-electron chi connectivity index (χ1n) is 10.6. The Bertz CT molecular complexity index is 1360. The lowest BCUT2D eigenvalue weighted by molar-refractivity contribution is 0.0696. The van der Waals surface area contributed by atoms with Gasteiger partial charge in [0.2, 0.25) is 4.34 Å². The van der Waals surface area contributed by atoms with E-state index < -0.39 is 16.0 Å². The molecule has 3 aromatic rings. The summed E-state index contributed by atoms with van der Waals surface area (Å²) in [6.07, 6.45) is 0. The van der Waals surface area contributed by atoms with E-state index in [1.165, 1.54) is 10.4 Å². The Morgan fingerprint density at radius 2 is 1.79 bits per heavy atom. The van der Waals surface area contributed by atoms with Gasteiger partial charge in [0.05, 0.1) is 17.8 Å². The Morgan fingerprint density at radius 1 is 1.12 bits per heavy atom. The van der Waals surface area contributed by atoms with Gasteiger partial charge in [-0.3, -0.25) is 4.31 Å². The van der Waals surface area contributed by atoms with Crippen LogP contribution in [-0.2, 0) is 16.6 Å². The van der Waals surface area contributed by atoms with E-state index in [-0.39, 0.29) is 23.1 Å². The molecule has 0 saturated heterocycles. The van der Waals surface area contributed by atoms with E-state index in [0.717, 1.165) is 33.6 Å². The number of sulfonamides is 1. The molecule has 1 N–H and O–H groups in total. The van der Waals surface area contributed by atoms with Gasteiger partial charge in [0.1, 0.15) is 12.4 Å². The highest BCUT2D eigenvalue weighted by Crippen LogP contribution is 2.37. The number of carboxylic acids is 1. The van der Waals surface area contributed by atoms with Crippen molar-refractivity contribution in [2.45, 2.75) is 45.6 Å². The zero-order valence-electron chi connectivity index (χ0n) is 19.9. The van der Waals surface area contributed by atoms with Gasteiger partial charge in [-0.25, -0.2) is 9.78 Å². The summed E-state index contributed by atoms with van der Waals surface area (Å²) in [5.41, 5.74) is 5.35. The van der Waals surface area contributed by atoms with Crippen molar-refractivity contribution < 1.29 is 23.1 Å². The number of anilines is 1. The Labute approximate surface area is 204 Å². The second-order valence-corrected chi connectivity index (χ2v) is 11.3. The van der Waals surface area contributed by atoms with E-state index in [1.807, 2.05) is 26.8 Å². The first-order chi connectivity index (χ1) is 15.9. The number of aryl methyl sites for hydroxylation is 4. The van der Waals surface area contributed by atoms with Gasteiger partial charge in [-0.2, -0.15) is 8.42 Å². The molecule has 2 aromatic carbocycles. The zero-order chi connectivity index (χ0) is 25.2. The second kappa shape index (κ2) is 9.99. The average molecular weight is 501 g/mol. The lowest BCUT2D eigenvalue weighted by Gasteiger charge is -2.26. The van der Waals surface area contributed by atoms with Gasteiger partial charge in [-0.05, 0) is 81.1 Å². The summed E-state index contributed by atoms with van der Waals surface area (Å²) < 4.78 is 34.6. The van der Waals surface area contributed by atoms with Crippen molar-refractivity contribution in [3.63, 3.8) is 0 Å². The number of benzene rings is 2. The monoisotopic (exact) mass is 500 g/mol.